The Bertz CT molecular complexity index is 1740. The van der Waals surface area contributed by atoms with Crippen molar-refractivity contribution in [2.45, 2.75) is 26.3 Å². The lowest BCUT2D eigenvalue weighted by atomic mass is 10.0. The van der Waals surface area contributed by atoms with Gasteiger partial charge in [-0.05, 0) is 37.5 Å². The molecule has 0 bridgehead atoms. The zero-order valence-electron chi connectivity index (χ0n) is 25.5. The van der Waals surface area contributed by atoms with Crippen molar-refractivity contribution in [1.82, 2.24) is 25.4 Å². The molecule has 45 heavy (non-hydrogen) atoms. The fourth-order valence-electron chi connectivity index (χ4n) is 4.48. The Hall–Kier alpha value is -5.83. The van der Waals surface area contributed by atoms with Crippen LogP contribution in [0.15, 0.2) is 73.0 Å². The molecule has 12 nitrogen and oxygen atoms in total. The van der Waals surface area contributed by atoms with E-state index < -0.39 is 5.91 Å². The second-order valence-corrected chi connectivity index (χ2v) is 10.3. The number of benzene rings is 1. The molecule has 230 valence electrons. The van der Waals surface area contributed by atoms with Crippen LogP contribution >= 0.6 is 0 Å². The maximum absolute atomic E-state index is 13.1. The topological polar surface area (TPSA) is 162 Å². The summed E-state index contributed by atoms with van der Waals surface area (Å²) in [5, 5.41) is 25.9. The number of aromatic nitrogens is 3. The van der Waals surface area contributed by atoms with Crippen molar-refractivity contribution in [3.8, 4) is 11.8 Å². The minimum atomic E-state index is -0.463. The fourth-order valence-corrected chi connectivity index (χ4v) is 4.48. The van der Waals surface area contributed by atoms with Gasteiger partial charge < -0.3 is 25.6 Å². The number of pyridine rings is 1. The first kappa shape index (κ1) is 32.1. The molecule has 1 aromatic carbocycles. The molecule has 12 heteroatoms. The third-order valence-electron chi connectivity index (χ3n) is 7.06. The smallest absolute Gasteiger partial charge is 0.273 e. The predicted molar refractivity (Wildman–Crippen MR) is 170 cm³/mol. The quantitative estimate of drug-likeness (QED) is 0.201. The summed E-state index contributed by atoms with van der Waals surface area (Å²) in [6.45, 7) is 5.88. The van der Waals surface area contributed by atoms with Crippen LogP contribution in [0.3, 0.4) is 0 Å². The van der Waals surface area contributed by atoms with Crippen LogP contribution in [0.25, 0.3) is 5.57 Å². The Kier molecular flexibility index (Phi) is 10.4. The minimum absolute atomic E-state index is 0.0308. The molecule has 0 radical (unpaired) electrons. The third-order valence-corrected chi connectivity index (χ3v) is 7.06. The van der Waals surface area contributed by atoms with E-state index in [1.165, 1.54) is 25.3 Å². The lowest BCUT2D eigenvalue weighted by Gasteiger charge is -2.18. The van der Waals surface area contributed by atoms with Gasteiger partial charge in [0.2, 0.25) is 11.8 Å². The Morgan fingerprint density at radius 2 is 1.93 bits per heavy atom. The van der Waals surface area contributed by atoms with Gasteiger partial charge in [-0.2, -0.15) is 5.26 Å². The minimum Gasteiger partial charge on any atom is -0.494 e. The molecule has 0 spiro atoms. The number of hydrogen-bond acceptors (Lipinski definition) is 9. The standard InChI is InChI=1S/C33H34N8O4/c1-6-21(13-12-20(2)33(44)41(4)19-23-9-8-16-36-27(23)18-34)24-10-7-11-25(30(24)45-5)37-26-17-28(38-31(42)22-14-15-22)39-40-29(26)32(43)35-3/h6-13,16-17,22H,1,14-15,19H2,2-5H3,(H,35,43)(H2,37,38,39,42)/b20-12+,21-13+. The number of nitrogens with one attached hydrogen (secondary N) is 3. The van der Waals surface area contributed by atoms with Crippen LogP contribution in [-0.4, -0.2) is 59.0 Å². The lowest BCUT2D eigenvalue weighted by molar-refractivity contribution is -0.126. The van der Waals surface area contributed by atoms with Gasteiger partial charge in [0, 0.05) is 55.5 Å². The van der Waals surface area contributed by atoms with E-state index in [-0.39, 0.29) is 41.5 Å². The van der Waals surface area contributed by atoms with Crippen molar-refractivity contribution >= 4 is 40.5 Å². The van der Waals surface area contributed by atoms with Crippen LogP contribution < -0.4 is 20.7 Å². The molecule has 1 saturated carbocycles. The fraction of sp³-hybridized carbons (Fsp3) is 0.242. The van der Waals surface area contributed by atoms with Crippen LogP contribution in [0.2, 0.25) is 0 Å². The highest BCUT2D eigenvalue weighted by Gasteiger charge is 2.30. The molecule has 3 N–H and O–H groups in total. The average Bonchev–Trinajstić information content (AvgIpc) is 3.91. The van der Waals surface area contributed by atoms with Crippen LogP contribution in [-0.2, 0) is 16.1 Å². The second kappa shape index (κ2) is 14.6. The molecule has 0 unspecified atom stereocenters. The lowest BCUT2D eigenvalue weighted by Crippen LogP contribution is -2.27. The Balaban J connectivity index is 1.61. The molecule has 1 fully saturated rings. The molecule has 1 aliphatic rings. The molecule has 3 aromatic rings. The number of nitriles is 1. The highest BCUT2D eigenvalue weighted by molar-refractivity contribution is 6.00. The molecule has 1 aliphatic carbocycles. The maximum atomic E-state index is 13.1. The van der Waals surface area contributed by atoms with E-state index in [0.29, 0.717) is 39.4 Å². The van der Waals surface area contributed by atoms with Gasteiger partial charge in [0.15, 0.2) is 11.5 Å². The Labute approximate surface area is 261 Å². The monoisotopic (exact) mass is 606 g/mol. The van der Waals surface area contributed by atoms with Gasteiger partial charge in [-0.3, -0.25) is 14.4 Å². The highest BCUT2D eigenvalue weighted by atomic mass is 16.5. The number of likely N-dealkylation sites (N-methyl/N-ethyl adjacent to an activating group) is 1. The number of anilines is 3. The van der Waals surface area contributed by atoms with Gasteiger partial charge in [0.25, 0.3) is 5.91 Å². The van der Waals surface area contributed by atoms with Crippen molar-refractivity contribution in [3.63, 3.8) is 0 Å². The summed E-state index contributed by atoms with van der Waals surface area (Å²) in [7, 11) is 4.66. The first-order valence-corrected chi connectivity index (χ1v) is 14.2. The number of ether oxygens (including phenoxy) is 1. The van der Waals surface area contributed by atoms with E-state index in [4.69, 9.17) is 4.74 Å². The molecule has 2 heterocycles. The Morgan fingerprint density at radius 1 is 1.16 bits per heavy atom. The molecular formula is C33H34N8O4. The summed E-state index contributed by atoms with van der Waals surface area (Å²) in [6, 6.07) is 12.5. The number of amides is 3. The molecule has 0 saturated heterocycles. The van der Waals surface area contributed by atoms with Gasteiger partial charge in [-0.1, -0.05) is 43.0 Å². The van der Waals surface area contributed by atoms with Crippen LogP contribution in [0.4, 0.5) is 17.2 Å². The first-order valence-electron chi connectivity index (χ1n) is 14.2. The molecule has 0 aliphatic heterocycles. The van der Waals surface area contributed by atoms with E-state index in [2.05, 4.69) is 37.7 Å². The first-order chi connectivity index (χ1) is 21.7. The summed E-state index contributed by atoms with van der Waals surface area (Å²) in [4.78, 5) is 43.6. The summed E-state index contributed by atoms with van der Waals surface area (Å²) in [5.41, 5.74) is 3.59. The van der Waals surface area contributed by atoms with Crippen LogP contribution in [0.1, 0.15) is 47.1 Å². The van der Waals surface area contributed by atoms with Crippen LogP contribution in [0.5, 0.6) is 5.75 Å². The number of hydrogen-bond donors (Lipinski definition) is 3. The average molecular weight is 607 g/mol. The Morgan fingerprint density at radius 3 is 2.60 bits per heavy atom. The summed E-state index contributed by atoms with van der Waals surface area (Å²) >= 11 is 0. The number of nitrogens with zero attached hydrogens (tertiary/aromatic N) is 5. The molecule has 3 amide bonds. The van der Waals surface area contributed by atoms with Crippen molar-refractivity contribution in [2.75, 3.05) is 31.8 Å². The number of para-hydroxylation sites is 1. The van der Waals surface area contributed by atoms with Crippen molar-refractivity contribution < 1.29 is 19.1 Å². The van der Waals surface area contributed by atoms with Gasteiger partial charge >= 0.3 is 0 Å². The normalized spacial score (nSPS) is 12.9. The number of carbonyl (C=O) groups excluding carboxylic acids is 3. The predicted octanol–water partition coefficient (Wildman–Crippen LogP) is 4.38. The van der Waals surface area contributed by atoms with E-state index in [9.17, 15) is 19.6 Å². The number of carbonyl (C=O) groups is 3. The SMILES string of the molecule is C=C/C(=C\C=C(/C)C(=O)N(C)Cc1cccnc1C#N)c1cccc(Nc2cc(NC(=O)C3CC3)nnc2C(=O)NC)c1OC. The molecule has 2 aromatic heterocycles. The maximum Gasteiger partial charge on any atom is 0.273 e. The van der Waals surface area contributed by atoms with Gasteiger partial charge in [0.1, 0.15) is 17.5 Å². The number of methoxy groups -OCH3 is 1. The van der Waals surface area contributed by atoms with Crippen molar-refractivity contribution in [1.29, 1.82) is 5.26 Å². The van der Waals surface area contributed by atoms with E-state index in [1.54, 1.807) is 62.5 Å². The number of allylic oxidation sites excluding steroid dienone is 4. The van der Waals surface area contributed by atoms with E-state index in [1.807, 2.05) is 12.1 Å². The van der Waals surface area contributed by atoms with E-state index >= 15 is 0 Å². The second-order valence-electron chi connectivity index (χ2n) is 10.3. The van der Waals surface area contributed by atoms with Crippen molar-refractivity contribution in [3.05, 3.63) is 95.5 Å². The highest BCUT2D eigenvalue weighted by Crippen LogP contribution is 2.37. The third kappa shape index (κ3) is 7.77. The summed E-state index contributed by atoms with van der Waals surface area (Å²) in [5.74, 6) is -0.196. The summed E-state index contributed by atoms with van der Waals surface area (Å²) < 4.78 is 5.79. The number of rotatable bonds is 12. The molecule has 0 atom stereocenters. The van der Waals surface area contributed by atoms with Crippen molar-refractivity contribution in [2.24, 2.45) is 5.92 Å². The zero-order valence-corrected chi connectivity index (χ0v) is 25.5. The largest absolute Gasteiger partial charge is 0.494 e. The van der Waals surface area contributed by atoms with Gasteiger partial charge in [0.05, 0.1) is 18.5 Å². The van der Waals surface area contributed by atoms with Gasteiger partial charge in [-0.15, -0.1) is 10.2 Å². The van der Waals surface area contributed by atoms with E-state index in [0.717, 1.165) is 12.8 Å². The zero-order chi connectivity index (χ0) is 32.5. The van der Waals surface area contributed by atoms with Gasteiger partial charge in [-0.25, -0.2) is 4.98 Å². The molecular weight excluding hydrogens is 572 g/mol. The van der Waals surface area contributed by atoms with Crippen LogP contribution in [0, 0.1) is 17.2 Å². The summed E-state index contributed by atoms with van der Waals surface area (Å²) in [6.07, 6.45) is 8.29. The molecule has 4 rings (SSSR count).